The normalized spacial score (nSPS) is 38.3. The van der Waals surface area contributed by atoms with Crippen LogP contribution in [0.25, 0.3) is 0 Å². The van der Waals surface area contributed by atoms with Crippen molar-refractivity contribution in [1.29, 1.82) is 0 Å². The maximum atomic E-state index is 11.8. The molecule has 0 amide bonds. The highest BCUT2D eigenvalue weighted by molar-refractivity contribution is 5.88. The molecular weight excluding hydrogens is 192 g/mol. The van der Waals surface area contributed by atoms with Crippen LogP contribution in [-0.4, -0.2) is 24.8 Å². The van der Waals surface area contributed by atoms with Crippen molar-refractivity contribution < 1.29 is 14.3 Å². The van der Waals surface area contributed by atoms with E-state index in [1.54, 1.807) is 0 Å². The second-order valence-corrected chi connectivity index (χ2v) is 4.77. The second-order valence-electron chi connectivity index (χ2n) is 4.77. The van der Waals surface area contributed by atoms with Crippen molar-refractivity contribution in [3.63, 3.8) is 0 Å². The molecule has 15 heavy (non-hydrogen) atoms. The van der Waals surface area contributed by atoms with Gasteiger partial charge >= 0.3 is 0 Å². The molecule has 1 unspecified atom stereocenters. The van der Waals surface area contributed by atoms with Gasteiger partial charge in [-0.25, -0.2) is 0 Å². The highest BCUT2D eigenvalue weighted by atomic mass is 16.7. The minimum atomic E-state index is -0.492. The summed E-state index contributed by atoms with van der Waals surface area (Å²) in [6.45, 7) is 1.34. The molecule has 0 aromatic carbocycles. The number of carbonyl (C=O) groups excluding carboxylic acids is 1. The van der Waals surface area contributed by atoms with E-state index in [0.29, 0.717) is 19.0 Å². The summed E-state index contributed by atoms with van der Waals surface area (Å²) in [5.41, 5.74) is -0.166. The minimum Gasteiger partial charge on any atom is -0.344 e. The lowest BCUT2D eigenvalue weighted by Gasteiger charge is -2.35. The van der Waals surface area contributed by atoms with Crippen molar-refractivity contribution in [1.82, 2.24) is 0 Å². The number of hydrogen-bond donors (Lipinski definition) is 0. The summed E-state index contributed by atoms with van der Waals surface area (Å²) in [7, 11) is 0. The zero-order valence-electron chi connectivity index (χ0n) is 8.83. The average molecular weight is 208 g/mol. The lowest BCUT2D eigenvalue weighted by molar-refractivity contribution is -0.139. The van der Waals surface area contributed by atoms with Gasteiger partial charge in [0.25, 0.3) is 0 Å². The topological polar surface area (TPSA) is 35.5 Å². The van der Waals surface area contributed by atoms with Gasteiger partial charge in [-0.05, 0) is 25.3 Å². The van der Waals surface area contributed by atoms with Gasteiger partial charge in [0.15, 0.2) is 5.79 Å². The van der Waals surface area contributed by atoms with Gasteiger partial charge in [-0.1, -0.05) is 6.08 Å². The summed E-state index contributed by atoms with van der Waals surface area (Å²) in [6.07, 6.45) is 8.55. The van der Waals surface area contributed by atoms with Crippen LogP contribution in [0.3, 0.4) is 0 Å². The molecule has 1 saturated heterocycles. The fourth-order valence-corrected chi connectivity index (χ4v) is 2.95. The van der Waals surface area contributed by atoms with Crippen LogP contribution in [-0.2, 0) is 14.3 Å². The lowest BCUT2D eigenvalue weighted by atomic mass is 9.75. The molecule has 3 aliphatic rings. The van der Waals surface area contributed by atoms with Crippen LogP contribution in [0.2, 0.25) is 0 Å². The van der Waals surface area contributed by atoms with Gasteiger partial charge in [0, 0.05) is 18.3 Å². The third-order valence-electron chi connectivity index (χ3n) is 3.93. The van der Waals surface area contributed by atoms with Gasteiger partial charge in [0.2, 0.25) is 0 Å². The van der Waals surface area contributed by atoms with Crippen molar-refractivity contribution >= 4 is 5.78 Å². The predicted molar refractivity (Wildman–Crippen MR) is 54.3 cm³/mol. The van der Waals surface area contributed by atoms with Gasteiger partial charge < -0.3 is 9.47 Å². The molecular formula is C12H16O3. The van der Waals surface area contributed by atoms with Crippen molar-refractivity contribution in [3.8, 4) is 0 Å². The van der Waals surface area contributed by atoms with Crippen LogP contribution in [0.1, 0.15) is 32.1 Å². The third-order valence-corrected chi connectivity index (χ3v) is 3.93. The number of rotatable bonds is 0. The Morgan fingerprint density at radius 1 is 1.07 bits per heavy atom. The summed E-state index contributed by atoms with van der Waals surface area (Å²) >= 11 is 0. The Bertz CT molecular complexity index is 315. The van der Waals surface area contributed by atoms with Crippen molar-refractivity contribution in [3.05, 3.63) is 12.2 Å². The largest absolute Gasteiger partial charge is 0.344 e. The number of ketones is 1. The number of ether oxygens (including phenoxy) is 2. The fraction of sp³-hybridized carbons (Fsp3) is 0.750. The van der Waals surface area contributed by atoms with Gasteiger partial charge in [-0.2, -0.15) is 0 Å². The summed E-state index contributed by atoms with van der Waals surface area (Å²) in [6, 6.07) is 0. The molecule has 2 spiro atoms. The van der Waals surface area contributed by atoms with Crippen LogP contribution >= 0.6 is 0 Å². The number of Topliss-reactive ketones (excluding diaryl/α,β-unsaturated/α-hetero) is 1. The zero-order valence-corrected chi connectivity index (χ0v) is 8.83. The van der Waals surface area contributed by atoms with E-state index < -0.39 is 5.79 Å². The van der Waals surface area contributed by atoms with E-state index >= 15 is 0 Å². The Morgan fingerprint density at radius 2 is 1.87 bits per heavy atom. The summed E-state index contributed by atoms with van der Waals surface area (Å²) < 4.78 is 11.2. The Morgan fingerprint density at radius 3 is 2.40 bits per heavy atom. The Balaban J connectivity index is 1.85. The standard InChI is InChI=1S/C12H16O3/c13-10-2-1-3-11(10)4-6-12(7-5-11)14-8-9-15-12/h4,6H,1-3,5,7-9H2. The Kier molecular flexibility index (Phi) is 2.01. The molecule has 0 N–H and O–H groups in total. The predicted octanol–water partition coefficient (Wildman–Crippen LogP) is 1.82. The number of allylic oxidation sites excluding steroid dienone is 1. The molecule has 1 saturated carbocycles. The second kappa shape index (κ2) is 3.16. The molecule has 1 atom stereocenters. The molecule has 3 heteroatoms. The van der Waals surface area contributed by atoms with Crippen LogP contribution in [0, 0.1) is 5.41 Å². The van der Waals surface area contributed by atoms with Gasteiger partial charge in [0.05, 0.1) is 13.2 Å². The summed E-state index contributed by atoms with van der Waals surface area (Å²) in [5.74, 6) is -0.0831. The van der Waals surface area contributed by atoms with E-state index in [1.165, 1.54) is 0 Å². The maximum Gasteiger partial charge on any atom is 0.188 e. The van der Waals surface area contributed by atoms with Gasteiger partial charge in [0.1, 0.15) is 5.78 Å². The molecule has 1 aliphatic heterocycles. The molecule has 3 nitrogen and oxygen atoms in total. The first-order valence-corrected chi connectivity index (χ1v) is 5.76. The minimum absolute atomic E-state index is 0.166. The molecule has 1 heterocycles. The van der Waals surface area contributed by atoms with E-state index in [0.717, 1.165) is 32.1 Å². The van der Waals surface area contributed by atoms with E-state index in [9.17, 15) is 4.79 Å². The smallest absolute Gasteiger partial charge is 0.188 e. The van der Waals surface area contributed by atoms with Crippen LogP contribution < -0.4 is 0 Å². The van der Waals surface area contributed by atoms with Gasteiger partial charge in [-0.3, -0.25) is 4.79 Å². The zero-order chi connectivity index (χ0) is 10.4. The Labute approximate surface area is 89.4 Å². The fourth-order valence-electron chi connectivity index (χ4n) is 2.95. The van der Waals surface area contributed by atoms with Crippen molar-refractivity contribution in [2.24, 2.45) is 5.41 Å². The van der Waals surface area contributed by atoms with Crippen molar-refractivity contribution in [2.75, 3.05) is 13.2 Å². The Hall–Kier alpha value is -0.670. The van der Waals surface area contributed by atoms with E-state index in [1.807, 2.05) is 6.08 Å². The van der Waals surface area contributed by atoms with E-state index in [-0.39, 0.29) is 5.41 Å². The van der Waals surface area contributed by atoms with Crippen molar-refractivity contribution in [2.45, 2.75) is 37.9 Å². The highest BCUT2D eigenvalue weighted by Gasteiger charge is 2.47. The van der Waals surface area contributed by atoms with E-state index in [4.69, 9.17) is 9.47 Å². The summed E-state index contributed by atoms with van der Waals surface area (Å²) in [4.78, 5) is 11.8. The quantitative estimate of drug-likeness (QED) is 0.570. The summed E-state index contributed by atoms with van der Waals surface area (Å²) in [5, 5.41) is 0. The molecule has 3 rings (SSSR count). The molecule has 82 valence electrons. The number of carbonyl (C=O) groups is 1. The first-order valence-electron chi connectivity index (χ1n) is 5.76. The third kappa shape index (κ3) is 1.37. The maximum absolute atomic E-state index is 11.8. The highest BCUT2D eigenvalue weighted by Crippen LogP contribution is 2.46. The monoisotopic (exact) mass is 208 g/mol. The molecule has 2 aliphatic carbocycles. The van der Waals surface area contributed by atoms with Crippen LogP contribution in [0.4, 0.5) is 0 Å². The van der Waals surface area contributed by atoms with Gasteiger partial charge in [-0.15, -0.1) is 0 Å². The first-order chi connectivity index (χ1) is 7.25. The molecule has 0 radical (unpaired) electrons. The number of hydrogen-bond acceptors (Lipinski definition) is 3. The molecule has 0 bridgehead atoms. The SMILES string of the molecule is O=C1CCCC12C=CC1(CC2)OCCO1. The van der Waals surface area contributed by atoms with E-state index in [2.05, 4.69) is 6.08 Å². The van der Waals surface area contributed by atoms with Crippen LogP contribution in [0.5, 0.6) is 0 Å². The molecule has 2 fully saturated rings. The average Bonchev–Trinajstić information content (AvgIpc) is 2.82. The lowest BCUT2D eigenvalue weighted by Crippen LogP contribution is -2.37. The van der Waals surface area contributed by atoms with Crippen LogP contribution in [0.15, 0.2) is 12.2 Å². The molecule has 0 aromatic rings. The molecule has 0 aromatic heterocycles. The first kappa shape index (κ1) is 9.55.